The fourth-order valence-electron chi connectivity index (χ4n) is 2.64. The van der Waals surface area contributed by atoms with Crippen molar-refractivity contribution in [2.75, 3.05) is 13.2 Å². The Morgan fingerprint density at radius 3 is 3.17 bits per heavy atom. The molecule has 124 valence electrons. The van der Waals surface area contributed by atoms with Crippen LogP contribution in [0.4, 0.5) is 0 Å². The molecule has 3 heterocycles. The smallest absolute Gasteiger partial charge is 0.273 e. The third-order valence-electron chi connectivity index (χ3n) is 3.80. The number of halogens is 1. The summed E-state index contributed by atoms with van der Waals surface area (Å²) in [4.78, 5) is 16.5. The maximum Gasteiger partial charge on any atom is 0.273 e. The number of nitrogens with one attached hydrogen (secondary N) is 1. The molecule has 1 N–H and O–H groups in total. The van der Waals surface area contributed by atoms with Crippen LogP contribution in [-0.2, 0) is 19.5 Å². The largest absolute Gasteiger partial charge is 0.477 e. The van der Waals surface area contributed by atoms with Crippen LogP contribution in [0.2, 0.25) is 5.02 Å². The average molecular weight is 338 g/mol. The standard InChI is InChI=1S/C15H20ClN5O2/c1-2-11-17-6-9-20(11)7-3-5-18-14(22)13-12(16)15-21(19-13)8-4-10-23-15/h6,9H,2-5,7-8,10H2,1H3,(H,18,22). The fourth-order valence-corrected chi connectivity index (χ4v) is 2.91. The molecule has 1 aliphatic rings. The van der Waals surface area contributed by atoms with Gasteiger partial charge in [0.05, 0.1) is 6.61 Å². The summed E-state index contributed by atoms with van der Waals surface area (Å²) in [5.41, 5.74) is 0.237. The van der Waals surface area contributed by atoms with Gasteiger partial charge in [-0.15, -0.1) is 0 Å². The number of rotatable bonds is 6. The van der Waals surface area contributed by atoms with E-state index in [1.54, 1.807) is 10.9 Å². The summed E-state index contributed by atoms with van der Waals surface area (Å²) in [5.74, 6) is 1.29. The first-order chi connectivity index (χ1) is 11.2. The van der Waals surface area contributed by atoms with E-state index in [-0.39, 0.29) is 11.6 Å². The monoisotopic (exact) mass is 337 g/mol. The molecule has 0 unspecified atom stereocenters. The van der Waals surface area contributed by atoms with Crippen molar-refractivity contribution < 1.29 is 9.53 Å². The second kappa shape index (κ2) is 7.04. The molecular formula is C15H20ClN5O2. The summed E-state index contributed by atoms with van der Waals surface area (Å²) >= 11 is 6.19. The van der Waals surface area contributed by atoms with Crippen LogP contribution < -0.4 is 10.1 Å². The van der Waals surface area contributed by atoms with E-state index in [2.05, 4.69) is 26.9 Å². The van der Waals surface area contributed by atoms with Crippen molar-refractivity contribution in [2.45, 2.75) is 39.3 Å². The van der Waals surface area contributed by atoms with Crippen LogP contribution in [-0.4, -0.2) is 38.4 Å². The van der Waals surface area contributed by atoms with Crippen LogP contribution in [0.1, 0.15) is 36.1 Å². The molecule has 0 bridgehead atoms. The molecule has 7 nitrogen and oxygen atoms in total. The predicted molar refractivity (Wildman–Crippen MR) is 85.9 cm³/mol. The summed E-state index contributed by atoms with van der Waals surface area (Å²) < 4.78 is 9.22. The number of imidazole rings is 1. The van der Waals surface area contributed by atoms with Gasteiger partial charge in [0, 0.05) is 44.9 Å². The van der Waals surface area contributed by atoms with Crippen molar-refractivity contribution in [3.63, 3.8) is 0 Å². The molecule has 0 radical (unpaired) electrons. The number of hydrogen-bond donors (Lipinski definition) is 1. The highest BCUT2D eigenvalue weighted by Crippen LogP contribution is 2.30. The summed E-state index contributed by atoms with van der Waals surface area (Å²) in [6.07, 6.45) is 6.34. The van der Waals surface area contributed by atoms with E-state index in [0.717, 1.165) is 38.2 Å². The van der Waals surface area contributed by atoms with E-state index in [1.165, 1.54) is 0 Å². The van der Waals surface area contributed by atoms with E-state index in [0.29, 0.717) is 24.1 Å². The number of carbonyl (C=O) groups is 1. The van der Waals surface area contributed by atoms with Gasteiger partial charge in [-0.2, -0.15) is 5.10 Å². The van der Waals surface area contributed by atoms with Crippen molar-refractivity contribution in [1.82, 2.24) is 24.6 Å². The molecule has 0 atom stereocenters. The highest BCUT2D eigenvalue weighted by molar-refractivity contribution is 6.34. The van der Waals surface area contributed by atoms with E-state index in [1.807, 2.05) is 6.20 Å². The number of hydrogen-bond acceptors (Lipinski definition) is 4. The number of aryl methyl sites for hydroxylation is 3. The zero-order valence-corrected chi connectivity index (χ0v) is 13.8. The molecule has 3 rings (SSSR count). The fraction of sp³-hybridized carbons (Fsp3) is 0.533. The minimum Gasteiger partial charge on any atom is -0.477 e. The molecule has 1 aliphatic heterocycles. The Balaban J connectivity index is 1.53. The van der Waals surface area contributed by atoms with Gasteiger partial charge in [0.25, 0.3) is 5.91 Å². The number of carbonyl (C=O) groups excluding carboxylic acids is 1. The summed E-state index contributed by atoms with van der Waals surface area (Å²) in [6, 6.07) is 0. The van der Waals surface area contributed by atoms with E-state index >= 15 is 0 Å². The van der Waals surface area contributed by atoms with Crippen molar-refractivity contribution >= 4 is 17.5 Å². The molecule has 0 aromatic carbocycles. The van der Waals surface area contributed by atoms with E-state index in [9.17, 15) is 4.79 Å². The lowest BCUT2D eigenvalue weighted by atomic mass is 10.3. The highest BCUT2D eigenvalue weighted by atomic mass is 35.5. The predicted octanol–water partition coefficient (Wildman–Crippen LogP) is 1.90. The van der Waals surface area contributed by atoms with Crippen LogP contribution in [0.5, 0.6) is 5.88 Å². The first kappa shape index (κ1) is 15.9. The zero-order chi connectivity index (χ0) is 16.2. The normalized spacial score (nSPS) is 13.5. The molecule has 0 saturated heterocycles. The number of amides is 1. The summed E-state index contributed by atoms with van der Waals surface area (Å²) in [7, 11) is 0. The molecule has 0 fully saturated rings. The van der Waals surface area contributed by atoms with Gasteiger partial charge < -0.3 is 14.6 Å². The Hall–Kier alpha value is -2.02. The Kier molecular flexibility index (Phi) is 4.85. The molecule has 8 heteroatoms. The first-order valence-corrected chi connectivity index (χ1v) is 8.25. The van der Waals surface area contributed by atoms with Gasteiger partial charge in [-0.1, -0.05) is 18.5 Å². The van der Waals surface area contributed by atoms with Crippen LogP contribution in [0, 0.1) is 0 Å². The van der Waals surface area contributed by atoms with Gasteiger partial charge >= 0.3 is 0 Å². The first-order valence-electron chi connectivity index (χ1n) is 7.88. The third-order valence-corrected chi connectivity index (χ3v) is 4.14. The van der Waals surface area contributed by atoms with Gasteiger partial charge in [0.2, 0.25) is 5.88 Å². The van der Waals surface area contributed by atoms with E-state index < -0.39 is 0 Å². The van der Waals surface area contributed by atoms with Gasteiger partial charge in [0.15, 0.2) is 5.69 Å². The van der Waals surface area contributed by atoms with Crippen molar-refractivity contribution in [2.24, 2.45) is 0 Å². The van der Waals surface area contributed by atoms with Crippen LogP contribution in [0.25, 0.3) is 0 Å². The van der Waals surface area contributed by atoms with Gasteiger partial charge in [-0.05, 0) is 6.42 Å². The quantitative estimate of drug-likeness (QED) is 0.817. The number of fused-ring (bicyclic) bond motifs is 1. The Labute approximate surface area is 139 Å². The summed E-state index contributed by atoms with van der Waals surface area (Å²) in [6.45, 7) is 4.78. The van der Waals surface area contributed by atoms with Gasteiger partial charge in [0.1, 0.15) is 10.8 Å². The minimum atomic E-state index is -0.262. The molecule has 2 aromatic heterocycles. The van der Waals surface area contributed by atoms with Crippen LogP contribution >= 0.6 is 11.6 Å². The van der Waals surface area contributed by atoms with E-state index in [4.69, 9.17) is 16.3 Å². The van der Waals surface area contributed by atoms with Gasteiger partial charge in [-0.3, -0.25) is 4.79 Å². The number of nitrogens with zero attached hydrogens (tertiary/aromatic N) is 4. The molecule has 2 aromatic rings. The number of aromatic nitrogens is 4. The average Bonchev–Trinajstić information content (AvgIpc) is 3.16. The van der Waals surface area contributed by atoms with Gasteiger partial charge in [-0.25, -0.2) is 9.67 Å². The summed E-state index contributed by atoms with van der Waals surface area (Å²) in [5, 5.41) is 7.40. The molecular weight excluding hydrogens is 318 g/mol. The molecule has 0 aliphatic carbocycles. The topological polar surface area (TPSA) is 74.0 Å². The Morgan fingerprint density at radius 2 is 2.39 bits per heavy atom. The molecule has 23 heavy (non-hydrogen) atoms. The zero-order valence-electron chi connectivity index (χ0n) is 13.1. The highest BCUT2D eigenvalue weighted by Gasteiger charge is 2.24. The van der Waals surface area contributed by atoms with Crippen LogP contribution in [0.3, 0.4) is 0 Å². The molecule has 0 saturated carbocycles. The lowest BCUT2D eigenvalue weighted by Crippen LogP contribution is -2.26. The van der Waals surface area contributed by atoms with Crippen molar-refractivity contribution in [3.8, 4) is 5.88 Å². The number of ether oxygens (including phenoxy) is 1. The maximum absolute atomic E-state index is 12.2. The second-order valence-electron chi connectivity index (χ2n) is 5.39. The maximum atomic E-state index is 12.2. The lowest BCUT2D eigenvalue weighted by molar-refractivity contribution is 0.0947. The lowest BCUT2D eigenvalue weighted by Gasteiger charge is -2.14. The van der Waals surface area contributed by atoms with Crippen molar-refractivity contribution in [1.29, 1.82) is 0 Å². The SMILES string of the molecule is CCc1nccn1CCCNC(=O)c1nn2c(c1Cl)OCCC2. The Bertz CT molecular complexity index is 694. The van der Waals surface area contributed by atoms with Crippen molar-refractivity contribution in [3.05, 3.63) is 28.9 Å². The molecule has 0 spiro atoms. The Morgan fingerprint density at radius 1 is 1.52 bits per heavy atom. The van der Waals surface area contributed by atoms with Crippen LogP contribution in [0.15, 0.2) is 12.4 Å². The minimum absolute atomic E-state index is 0.237. The second-order valence-corrected chi connectivity index (χ2v) is 5.77. The third kappa shape index (κ3) is 3.34. The molecule has 1 amide bonds.